The first-order valence-corrected chi connectivity index (χ1v) is 7.53. The highest BCUT2D eigenvalue weighted by molar-refractivity contribution is 5.92. The molecule has 0 fully saturated rings. The average molecular weight is 301 g/mol. The Morgan fingerprint density at radius 1 is 1.32 bits per heavy atom. The number of ether oxygens (including phenoxy) is 1. The summed E-state index contributed by atoms with van der Waals surface area (Å²) in [6, 6.07) is 7.48. The summed E-state index contributed by atoms with van der Waals surface area (Å²) in [5, 5.41) is 7.30. The molecule has 22 heavy (non-hydrogen) atoms. The highest BCUT2D eigenvalue weighted by Crippen LogP contribution is 2.24. The number of aromatic nitrogens is 2. The summed E-state index contributed by atoms with van der Waals surface area (Å²) in [5.74, 6) is 0.682. The van der Waals surface area contributed by atoms with Crippen LogP contribution in [0.4, 0.5) is 5.69 Å². The van der Waals surface area contributed by atoms with Crippen LogP contribution in [-0.4, -0.2) is 22.3 Å². The number of hydrogen-bond donors (Lipinski definition) is 1. The van der Waals surface area contributed by atoms with Crippen molar-refractivity contribution in [1.82, 2.24) is 9.78 Å². The number of rotatable bonds is 6. The summed E-state index contributed by atoms with van der Waals surface area (Å²) in [5.41, 5.74) is 3.97. The maximum absolute atomic E-state index is 12.2. The fraction of sp³-hybridized carbons (Fsp3) is 0.412. The van der Waals surface area contributed by atoms with Gasteiger partial charge in [-0.1, -0.05) is 12.1 Å². The Morgan fingerprint density at radius 2 is 2.05 bits per heavy atom. The summed E-state index contributed by atoms with van der Waals surface area (Å²) >= 11 is 0. The molecule has 0 aliphatic heterocycles. The molecule has 1 amide bonds. The third-order valence-electron chi connectivity index (χ3n) is 3.72. The standard InChI is InChI=1S/C17H23N3O2/c1-5-22-16-9-7-6-8-15(16)18-17(21)11-10-14-12(2)19-20(4)13(14)3/h6-9H,5,10-11H2,1-4H3,(H,18,21). The maximum atomic E-state index is 12.2. The van der Waals surface area contributed by atoms with E-state index in [1.54, 1.807) is 0 Å². The zero-order valence-corrected chi connectivity index (χ0v) is 13.6. The van der Waals surface area contributed by atoms with Crippen molar-refractivity contribution >= 4 is 11.6 Å². The monoisotopic (exact) mass is 301 g/mol. The van der Waals surface area contributed by atoms with Gasteiger partial charge < -0.3 is 10.1 Å². The molecule has 1 aromatic heterocycles. The molecular weight excluding hydrogens is 278 g/mol. The van der Waals surface area contributed by atoms with E-state index in [2.05, 4.69) is 10.4 Å². The minimum atomic E-state index is -0.0187. The van der Waals surface area contributed by atoms with E-state index < -0.39 is 0 Å². The van der Waals surface area contributed by atoms with Crippen LogP contribution in [0.15, 0.2) is 24.3 Å². The topological polar surface area (TPSA) is 56.1 Å². The number of nitrogens with one attached hydrogen (secondary N) is 1. The molecule has 0 bridgehead atoms. The average Bonchev–Trinajstić information content (AvgIpc) is 2.72. The number of carbonyl (C=O) groups is 1. The molecular formula is C17H23N3O2. The maximum Gasteiger partial charge on any atom is 0.224 e. The van der Waals surface area contributed by atoms with Crippen molar-refractivity contribution < 1.29 is 9.53 Å². The molecule has 1 aromatic carbocycles. The predicted molar refractivity (Wildman–Crippen MR) is 87.2 cm³/mol. The Hall–Kier alpha value is -2.30. The summed E-state index contributed by atoms with van der Waals surface area (Å²) < 4.78 is 7.37. The summed E-state index contributed by atoms with van der Waals surface area (Å²) in [4.78, 5) is 12.2. The van der Waals surface area contributed by atoms with Gasteiger partial charge in [-0.05, 0) is 44.9 Å². The highest BCUT2D eigenvalue weighted by Gasteiger charge is 2.12. The molecule has 0 saturated heterocycles. The van der Waals surface area contributed by atoms with E-state index in [1.165, 1.54) is 0 Å². The van der Waals surface area contributed by atoms with Gasteiger partial charge in [0.25, 0.3) is 0 Å². The highest BCUT2D eigenvalue weighted by atomic mass is 16.5. The van der Waals surface area contributed by atoms with Crippen LogP contribution in [0.5, 0.6) is 5.75 Å². The Bertz CT molecular complexity index is 662. The predicted octanol–water partition coefficient (Wildman–Crippen LogP) is 3.01. The SMILES string of the molecule is CCOc1ccccc1NC(=O)CCc1c(C)nn(C)c1C. The molecule has 0 unspecified atom stereocenters. The molecule has 0 radical (unpaired) electrons. The molecule has 0 saturated carbocycles. The summed E-state index contributed by atoms with van der Waals surface area (Å²) in [7, 11) is 1.92. The number of amides is 1. The van der Waals surface area contributed by atoms with Gasteiger partial charge in [-0.15, -0.1) is 0 Å². The molecule has 1 N–H and O–H groups in total. The fourth-order valence-electron chi connectivity index (χ4n) is 2.48. The number of hydrogen-bond acceptors (Lipinski definition) is 3. The minimum absolute atomic E-state index is 0.0187. The number of aryl methyl sites for hydroxylation is 2. The van der Waals surface area contributed by atoms with Crippen LogP contribution in [0.1, 0.15) is 30.3 Å². The van der Waals surface area contributed by atoms with Crippen molar-refractivity contribution in [2.24, 2.45) is 7.05 Å². The van der Waals surface area contributed by atoms with Crippen LogP contribution in [0, 0.1) is 13.8 Å². The summed E-state index contributed by atoms with van der Waals surface area (Å²) in [6.07, 6.45) is 1.11. The van der Waals surface area contributed by atoms with Crippen LogP contribution in [-0.2, 0) is 18.3 Å². The molecule has 2 aromatic rings. The smallest absolute Gasteiger partial charge is 0.224 e. The van der Waals surface area contributed by atoms with Crippen LogP contribution in [0.3, 0.4) is 0 Å². The quantitative estimate of drug-likeness (QED) is 0.892. The second-order valence-electron chi connectivity index (χ2n) is 5.25. The molecule has 5 nitrogen and oxygen atoms in total. The Kier molecular flexibility index (Phi) is 5.20. The molecule has 5 heteroatoms. The van der Waals surface area contributed by atoms with E-state index in [-0.39, 0.29) is 5.91 Å². The van der Waals surface area contributed by atoms with E-state index in [1.807, 2.05) is 56.8 Å². The zero-order valence-electron chi connectivity index (χ0n) is 13.6. The number of benzene rings is 1. The van der Waals surface area contributed by atoms with Crippen molar-refractivity contribution in [2.45, 2.75) is 33.6 Å². The van der Waals surface area contributed by atoms with Gasteiger partial charge in [0.1, 0.15) is 5.75 Å². The van der Waals surface area contributed by atoms with Crippen molar-refractivity contribution in [3.63, 3.8) is 0 Å². The molecule has 2 rings (SSSR count). The molecule has 0 aliphatic carbocycles. The third-order valence-corrected chi connectivity index (χ3v) is 3.72. The van der Waals surface area contributed by atoms with E-state index in [0.717, 1.165) is 17.0 Å². The van der Waals surface area contributed by atoms with Crippen molar-refractivity contribution in [3.05, 3.63) is 41.2 Å². The first kappa shape index (κ1) is 16.1. The molecule has 0 spiro atoms. The molecule has 0 atom stereocenters. The van der Waals surface area contributed by atoms with Gasteiger partial charge in [-0.25, -0.2) is 0 Å². The lowest BCUT2D eigenvalue weighted by Crippen LogP contribution is -2.13. The largest absolute Gasteiger partial charge is 0.492 e. The first-order valence-electron chi connectivity index (χ1n) is 7.53. The lowest BCUT2D eigenvalue weighted by Gasteiger charge is -2.11. The van der Waals surface area contributed by atoms with E-state index in [4.69, 9.17) is 4.74 Å². The minimum Gasteiger partial charge on any atom is -0.492 e. The number of carbonyl (C=O) groups excluding carboxylic acids is 1. The molecule has 0 aliphatic rings. The van der Waals surface area contributed by atoms with Crippen LogP contribution >= 0.6 is 0 Å². The van der Waals surface area contributed by atoms with Crippen LogP contribution < -0.4 is 10.1 Å². The van der Waals surface area contributed by atoms with E-state index in [0.29, 0.717) is 30.9 Å². The number of para-hydroxylation sites is 2. The summed E-state index contributed by atoms with van der Waals surface area (Å²) in [6.45, 7) is 6.50. The van der Waals surface area contributed by atoms with Crippen molar-refractivity contribution in [3.8, 4) is 5.75 Å². The molecule has 118 valence electrons. The Morgan fingerprint density at radius 3 is 2.68 bits per heavy atom. The van der Waals surface area contributed by atoms with Gasteiger partial charge in [0, 0.05) is 19.2 Å². The van der Waals surface area contributed by atoms with Gasteiger partial charge in [-0.2, -0.15) is 5.10 Å². The van der Waals surface area contributed by atoms with Crippen molar-refractivity contribution in [1.29, 1.82) is 0 Å². The van der Waals surface area contributed by atoms with Gasteiger partial charge >= 0.3 is 0 Å². The lowest BCUT2D eigenvalue weighted by molar-refractivity contribution is -0.116. The van der Waals surface area contributed by atoms with Gasteiger partial charge in [0.05, 0.1) is 18.0 Å². The van der Waals surface area contributed by atoms with E-state index in [9.17, 15) is 4.79 Å². The zero-order chi connectivity index (χ0) is 16.1. The van der Waals surface area contributed by atoms with Gasteiger partial charge in [0.15, 0.2) is 0 Å². The Labute approximate surface area is 131 Å². The van der Waals surface area contributed by atoms with Gasteiger partial charge in [0.2, 0.25) is 5.91 Å². The van der Waals surface area contributed by atoms with Crippen LogP contribution in [0.2, 0.25) is 0 Å². The molecule has 1 heterocycles. The van der Waals surface area contributed by atoms with Gasteiger partial charge in [-0.3, -0.25) is 9.48 Å². The third kappa shape index (κ3) is 3.67. The lowest BCUT2D eigenvalue weighted by atomic mass is 10.1. The number of anilines is 1. The fourth-order valence-corrected chi connectivity index (χ4v) is 2.48. The normalized spacial score (nSPS) is 10.5. The Balaban J connectivity index is 1.99. The second kappa shape index (κ2) is 7.11. The second-order valence-corrected chi connectivity index (χ2v) is 5.25. The van der Waals surface area contributed by atoms with Crippen LogP contribution in [0.25, 0.3) is 0 Å². The van der Waals surface area contributed by atoms with Crippen molar-refractivity contribution in [2.75, 3.05) is 11.9 Å². The van der Waals surface area contributed by atoms with E-state index >= 15 is 0 Å². The first-order chi connectivity index (χ1) is 10.5. The number of nitrogens with zero attached hydrogens (tertiary/aromatic N) is 2.